The number of benzene rings is 3. The van der Waals surface area contributed by atoms with Crippen LogP contribution in [0.4, 0.5) is 5.69 Å². The summed E-state index contributed by atoms with van der Waals surface area (Å²) in [5, 5.41) is 1.09. The maximum atomic E-state index is 6.60. The van der Waals surface area contributed by atoms with E-state index in [1.165, 1.54) is 5.56 Å². The Labute approximate surface area is 162 Å². The number of hydrogen-bond acceptors (Lipinski definition) is 2. The quantitative estimate of drug-likeness (QED) is 0.471. The first-order valence-corrected chi connectivity index (χ1v) is 9.23. The molecule has 0 aliphatic carbocycles. The lowest BCUT2D eigenvalue weighted by Gasteiger charge is -2.43. The topological polar surface area (TPSA) is 12.5 Å². The summed E-state index contributed by atoms with van der Waals surface area (Å²) in [5.41, 5.74) is 5.60. The standard InChI is InChI=1S/C22H15Cl2NO/c23-18-10-9-15(13-19(18)24)21-17-7-3-4-8-20(17)25-12-11-14-5-1-2-6-16(14)22(25)26-21/h1-13,21-22H. The van der Waals surface area contributed by atoms with Gasteiger partial charge in [0.2, 0.25) is 0 Å². The minimum atomic E-state index is -0.207. The van der Waals surface area contributed by atoms with Gasteiger partial charge in [-0.15, -0.1) is 0 Å². The van der Waals surface area contributed by atoms with Crippen molar-refractivity contribution in [1.29, 1.82) is 0 Å². The third-order valence-corrected chi connectivity index (χ3v) is 5.68. The lowest BCUT2D eigenvalue weighted by Crippen LogP contribution is -2.35. The molecule has 0 aromatic heterocycles. The number of rotatable bonds is 1. The van der Waals surface area contributed by atoms with Gasteiger partial charge in [-0.3, -0.25) is 0 Å². The highest BCUT2D eigenvalue weighted by Crippen LogP contribution is 2.48. The zero-order chi connectivity index (χ0) is 17.7. The van der Waals surface area contributed by atoms with Crippen LogP contribution in [0.25, 0.3) is 6.08 Å². The Bertz CT molecular complexity index is 1030. The van der Waals surface area contributed by atoms with Crippen LogP contribution in [0.5, 0.6) is 0 Å². The molecule has 2 unspecified atom stereocenters. The van der Waals surface area contributed by atoms with Crippen molar-refractivity contribution in [1.82, 2.24) is 0 Å². The van der Waals surface area contributed by atoms with Gasteiger partial charge in [-0.2, -0.15) is 0 Å². The number of nitrogens with zero attached hydrogens (tertiary/aromatic N) is 1. The molecule has 2 aliphatic rings. The number of anilines is 1. The van der Waals surface area contributed by atoms with E-state index in [-0.39, 0.29) is 12.3 Å². The van der Waals surface area contributed by atoms with E-state index >= 15 is 0 Å². The van der Waals surface area contributed by atoms with Crippen molar-refractivity contribution in [3.05, 3.63) is 105 Å². The van der Waals surface area contributed by atoms with Crippen molar-refractivity contribution >= 4 is 35.0 Å². The molecule has 0 N–H and O–H groups in total. The predicted molar refractivity (Wildman–Crippen MR) is 107 cm³/mol. The Morgan fingerprint density at radius 3 is 2.42 bits per heavy atom. The van der Waals surface area contributed by atoms with Crippen molar-refractivity contribution in [2.24, 2.45) is 0 Å². The molecule has 0 saturated heterocycles. The lowest BCUT2D eigenvalue weighted by atomic mass is 9.94. The first-order valence-electron chi connectivity index (χ1n) is 8.47. The van der Waals surface area contributed by atoms with Crippen LogP contribution >= 0.6 is 23.2 Å². The smallest absolute Gasteiger partial charge is 0.162 e. The third-order valence-electron chi connectivity index (χ3n) is 4.94. The highest BCUT2D eigenvalue weighted by atomic mass is 35.5. The van der Waals surface area contributed by atoms with Crippen molar-refractivity contribution in [2.75, 3.05) is 4.90 Å². The number of halogens is 2. The zero-order valence-electron chi connectivity index (χ0n) is 13.8. The molecule has 0 radical (unpaired) electrons. The molecule has 5 rings (SSSR count). The molecule has 2 heterocycles. The van der Waals surface area contributed by atoms with E-state index in [9.17, 15) is 0 Å². The molecule has 2 atom stereocenters. The number of hydrogen-bond donors (Lipinski definition) is 0. The van der Waals surface area contributed by atoms with E-state index < -0.39 is 0 Å². The highest BCUT2D eigenvalue weighted by molar-refractivity contribution is 6.42. The van der Waals surface area contributed by atoms with E-state index in [0.717, 1.165) is 22.4 Å². The van der Waals surface area contributed by atoms with Crippen molar-refractivity contribution in [2.45, 2.75) is 12.3 Å². The maximum absolute atomic E-state index is 6.60. The van der Waals surface area contributed by atoms with Gasteiger partial charge in [0.15, 0.2) is 6.23 Å². The van der Waals surface area contributed by atoms with Gasteiger partial charge in [-0.05, 0) is 35.4 Å². The molecule has 4 heteroatoms. The average molecular weight is 380 g/mol. The second-order valence-corrected chi connectivity index (χ2v) is 7.27. The summed E-state index contributed by atoms with van der Waals surface area (Å²) < 4.78 is 6.60. The van der Waals surface area contributed by atoms with Crippen molar-refractivity contribution in [3.8, 4) is 0 Å². The van der Waals surface area contributed by atoms with Crippen LogP contribution in [-0.4, -0.2) is 0 Å². The number of ether oxygens (including phenoxy) is 1. The third kappa shape index (κ3) is 2.45. The van der Waals surface area contributed by atoms with Gasteiger partial charge < -0.3 is 9.64 Å². The van der Waals surface area contributed by atoms with E-state index in [0.29, 0.717) is 10.0 Å². The van der Waals surface area contributed by atoms with Crippen LogP contribution in [0.15, 0.2) is 72.9 Å². The van der Waals surface area contributed by atoms with Crippen molar-refractivity contribution in [3.63, 3.8) is 0 Å². The molecule has 0 saturated carbocycles. The minimum Gasteiger partial charge on any atom is -0.341 e. The normalized spacial score (nSPS) is 20.3. The van der Waals surface area contributed by atoms with Gasteiger partial charge in [0.05, 0.1) is 10.0 Å². The first-order chi connectivity index (χ1) is 12.7. The molecule has 2 nitrogen and oxygen atoms in total. The SMILES string of the molecule is Clc1ccc(C2OC3c4ccccc4C=CN3c3ccccc32)cc1Cl. The summed E-state index contributed by atoms with van der Waals surface area (Å²) >= 11 is 12.4. The van der Waals surface area contributed by atoms with E-state index in [4.69, 9.17) is 27.9 Å². The molecule has 0 amide bonds. The molecule has 3 aromatic carbocycles. The summed E-state index contributed by atoms with van der Waals surface area (Å²) in [6.07, 6.45) is 3.84. The molecule has 0 fully saturated rings. The van der Waals surface area contributed by atoms with Crippen LogP contribution in [0.1, 0.15) is 34.6 Å². The van der Waals surface area contributed by atoms with Gasteiger partial charge in [0, 0.05) is 23.0 Å². The second-order valence-electron chi connectivity index (χ2n) is 6.45. The fourth-order valence-corrected chi connectivity index (χ4v) is 4.01. The van der Waals surface area contributed by atoms with Crippen LogP contribution < -0.4 is 4.90 Å². The summed E-state index contributed by atoms with van der Waals surface area (Å²) in [6, 6.07) is 22.4. The van der Waals surface area contributed by atoms with Crippen molar-refractivity contribution < 1.29 is 4.74 Å². The summed E-state index contributed by atoms with van der Waals surface area (Å²) in [7, 11) is 0. The summed E-state index contributed by atoms with van der Waals surface area (Å²) in [5.74, 6) is 0. The maximum Gasteiger partial charge on any atom is 0.162 e. The number of para-hydroxylation sites is 1. The van der Waals surface area contributed by atoms with Gasteiger partial charge >= 0.3 is 0 Å². The minimum absolute atomic E-state index is 0.175. The molecule has 0 bridgehead atoms. The largest absolute Gasteiger partial charge is 0.341 e. The Morgan fingerprint density at radius 1 is 0.808 bits per heavy atom. The second kappa shape index (κ2) is 6.17. The lowest BCUT2D eigenvalue weighted by molar-refractivity contribution is -0.000344. The van der Waals surface area contributed by atoms with Gasteiger partial charge in [-0.1, -0.05) is 71.7 Å². The van der Waals surface area contributed by atoms with Gasteiger partial charge in [0.25, 0.3) is 0 Å². The molecule has 128 valence electrons. The number of fused-ring (bicyclic) bond motifs is 5. The average Bonchev–Trinajstić information content (AvgIpc) is 2.69. The Balaban J connectivity index is 1.68. The molecule has 26 heavy (non-hydrogen) atoms. The Kier molecular flexibility index (Phi) is 3.79. The van der Waals surface area contributed by atoms with E-state index in [2.05, 4.69) is 47.5 Å². The van der Waals surface area contributed by atoms with Crippen LogP contribution in [-0.2, 0) is 4.74 Å². The Hall–Kier alpha value is -2.26. The van der Waals surface area contributed by atoms with Crippen LogP contribution in [0.3, 0.4) is 0 Å². The summed E-state index contributed by atoms with van der Waals surface area (Å²) in [4.78, 5) is 2.19. The molecular weight excluding hydrogens is 365 g/mol. The van der Waals surface area contributed by atoms with Gasteiger partial charge in [-0.25, -0.2) is 0 Å². The van der Waals surface area contributed by atoms with Gasteiger partial charge in [0.1, 0.15) is 6.10 Å². The summed E-state index contributed by atoms with van der Waals surface area (Å²) in [6.45, 7) is 0. The Morgan fingerprint density at radius 2 is 1.58 bits per heavy atom. The fourth-order valence-electron chi connectivity index (χ4n) is 3.70. The zero-order valence-corrected chi connectivity index (χ0v) is 15.3. The monoisotopic (exact) mass is 379 g/mol. The molecular formula is C22H15Cl2NO. The molecule has 3 aromatic rings. The van der Waals surface area contributed by atoms with Crippen LogP contribution in [0, 0.1) is 0 Å². The first kappa shape index (κ1) is 16.0. The van der Waals surface area contributed by atoms with Crippen LogP contribution in [0.2, 0.25) is 10.0 Å². The fraction of sp³-hybridized carbons (Fsp3) is 0.0909. The predicted octanol–water partition coefficient (Wildman–Crippen LogP) is 6.60. The highest BCUT2D eigenvalue weighted by Gasteiger charge is 2.36. The molecule has 0 spiro atoms. The van der Waals surface area contributed by atoms with E-state index in [1.807, 2.05) is 36.4 Å². The van der Waals surface area contributed by atoms with E-state index in [1.54, 1.807) is 0 Å². The molecule has 2 aliphatic heterocycles.